The van der Waals surface area contributed by atoms with E-state index in [2.05, 4.69) is 4.90 Å². The average Bonchev–Trinajstić information content (AvgIpc) is 3.09. The molecule has 186 valence electrons. The van der Waals surface area contributed by atoms with E-state index in [9.17, 15) is 13.2 Å². The van der Waals surface area contributed by atoms with Gasteiger partial charge in [0.15, 0.2) is 14.6 Å². The van der Waals surface area contributed by atoms with Gasteiger partial charge in [0.2, 0.25) is 5.91 Å². The van der Waals surface area contributed by atoms with E-state index in [1.807, 2.05) is 17.0 Å². The number of nitrogens with zero attached hydrogens (tertiary/aromatic N) is 3. The van der Waals surface area contributed by atoms with E-state index in [1.165, 1.54) is 11.3 Å². The maximum atomic E-state index is 12.8. The fourth-order valence-electron chi connectivity index (χ4n) is 3.83. The number of amides is 1. The number of fused-ring (bicyclic) bond motifs is 1. The molecule has 0 aliphatic carbocycles. The van der Waals surface area contributed by atoms with Crippen molar-refractivity contribution in [3.63, 3.8) is 0 Å². The van der Waals surface area contributed by atoms with Crippen molar-refractivity contribution in [1.29, 1.82) is 5.41 Å². The van der Waals surface area contributed by atoms with Crippen molar-refractivity contribution in [2.45, 2.75) is 17.9 Å². The topological polar surface area (TPSA) is 86.5 Å². The lowest BCUT2D eigenvalue weighted by Crippen LogP contribution is -2.48. The van der Waals surface area contributed by atoms with Gasteiger partial charge >= 0.3 is 0 Å². The highest BCUT2D eigenvalue weighted by molar-refractivity contribution is 7.91. The van der Waals surface area contributed by atoms with Crippen molar-refractivity contribution in [1.82, 2.24) is 14.4 Å². The summed E-state index contributed by atoms with van der Waals surface area (Å²) < 4.78 is 27.5. The molecule has 12 heteroatoms. The van der Waals surface area contributed by atoms with Gasteiger partial charge in [-0.3, -0.25) is 15.1 Å². The monoisotopic (exact) mass is 564 g/mol. The molecule has 0 atom stereocenters. The van der Waals surface area contributed by atoms with Crippen LogP contribution in [-0.2, 0) is 28.2 Å². The zero-order valence-electron chi connectivity index (χ0n) is 18.6. The third kappa shape index (κ3) is 6.53. The summed E-state index contributed by atoms with van der Waals surface area (Å²) in [5.41, 5.74) is 1.09. The Balaban J connectivity index is 0.00000204. The summed E-state index contributed by atoms with van der Waals surface area (Å²) in [6.07, 6.45) is -0.0251. The quantitative estimate of drug-likeness (QED) is 0.494. The summed E-state index contributed by atoms with van der Waals surface area (Å²) >= 11 is 7.40. The van der Waals surface area contributed by atoms with Gasteiger partial charge in [0, 0.05) is 62.3 Å². The number of halogens is 3. The predicted molar refractivity (Wildman–Crippen MR) is 141 cm³/mol. The molecule has 1 amide bonds. The van der Waals surface area contributed by atoms with Gasteiger partial charge in [-0.2, -0.15) is 0 Å². The van der Waals surface area contributed by atoms with Crippen LogP contribution in [0.1, 0.15) is 12.1 Å². The van der Waals surface area contributed by atoms with Crippen molar-refractivity contribution in [2.24, 2.45) is 7.05 Å². The van der Waals surface area contributed by atoms with Crippen LogP contribution in [0.3, 0.4) is 0 Å². The summed E-state index contributed by atoms with van der Waals surface area (Å²) in [7, 11) is -1.67. The molecular formula is C22H27Cl3N4O3S2. The van der Waals surface area contributed by atoms with E-state index < -0.39 is 9.84 Å². The Morgan fingerprint density at radius 3 is 2.35 bits per heavy atom. The van der Waals surface area contributed by atoms with Crippen LogP contribution in [0.5, 0.6) is 0 Å². The number of carbonyl (C=O) groups excluding carboxylic acids is 1. The van der Waals surface area contributed by atoms with Gasteiger partial charge in [0.25, 0.3) is 0 Å². The maximum Gasteiger partial charge on any atom is 0.223 e. The smallest absolute Gasteiger partial charge is 0.223 e. The molecule has 0 spiro atoms. The summed E-state index contributed by atoms with van der Waals surface area (Å²) in [6.45, 7) is 3.37. The summed E-state index contributed by atoms with van der Waals surface area (Å²) in [5, 5.41) is 12.1. The summed E-state index contributed by atoms with van der Waals surface area (Å²) in [5.74, 6) is -0.336. The van der Waals surface area contributed by atoms with Crippen LogP contribution in [0.2, 0.25) is 5.02 Å². The van der Waals surface area contributed by atoms with Gasteiger partial charge in [-0.05, 0) is 35.0 Å². The van der Waals surface area contributed by atoms with Crippen LogP contribution < -0.4 is 4.80 Å². The Morgan fingerprint density at radius 1 is 1.06 bits per heavy atom. The van der Waals surface area contributed by atoms with Crippen LogP contribution in [0.15, 0.2) is 46.7 Å². The number of aromatic nitrogens is 1. The van der Waals surface area contributed by atoms with E-state index in [1.54, 1.807) is 41.3 Å². The van der Waals surface area contributed by atoms with Gasteiger partial charge in [0.05, 0.1) is 10.6 Å². The molecule has 0 radical (unpaired) electrons. The fourth-order valence-corrected chi connectivity index (χ4v) is 6.02. The Kier molecular flexibility index (Phi) is 10.00. The predicted octanol–water partition coefficient (Wildman–Crippen LogP) is 3.72. The van der Waals surface area contributed by atoms with Crippen molar-refractivity contribution >= 4 is 74.3 Å². The Bertz CT molecular complexity index is 1320. The minimum atomic E-state index is -3.56. The van der Waals surface area contributed by atoms with Crippen molar-refractivity contribution in [3.05, 3.63) is 57.3 Å². The number of sulfone groups is 1. The molecule has 1 N–H and O–H groups in total. The lowest BCUT2D eigenvalue weighted by Gasteiger charge is -2.34. The van der Waals surface area contributed by atoms with Gasteiger partial charge in [0.1, 0.15) is 0 Å². The lowest BCUT2D eigenvalue weighted by atomic mass is 10.1. The van der Waals surface area contributed by atoms with Gasteiger partial charge in [-0.1, -0.05) is 23.7 Å². The Hall–Kier alpha value is -1.62. The second-order valence-electron chi connectivity index (χ2n) is 7.97. The number of piperazine rings is 1. The molecule has 34 heavy (non-hydrogen) atoms. The number of benzene rings is 2. The molecule has 1 saturated heterocycles. The average molecular weight is 566 g/mol. The Labute approximate surface area is 220 Å². The standard InChI is InChI=1S/C22H25ClN4O3S2.2ClH/c1-25-19(15-31-22(25)24)14-26-7-9-27(10-8-26)21(28)6-11-32(29,30)20-5-3-16-12-18(23)4-2-17(16)13-20;;/h2-5,12-13,15,24H,6-11,14H2,1H3;2*1H. The first kappa shape index (κ1) is 28.6. The first-order chi connectivity index (χ1) is 15.2. The summed E-state index contributed by atoms with van der Waals surface area (Å²) in [4.78, 5) is 17.4. The summed E-state index contributed by atoms with van der Waals surface area (Å²) in [6, 6.07) is 10.3. The van der Waals surface area contributed by atoms with E-state index in [-0.39, 0.29) is 47.8 Å². The molecule has 1 aliphatic rings. The fraction of sp³-hybridized carbons (Fsp3) is 0.364. The SMILES string of the molecule is Cl.Cl.Cn1c(CN2CCN(C(=O)CCS(=O)(=O)c3ccc4cc(Cl)ccc4c3)CC2)csc1=N. The minimum absolute atomic E-state index is 0. The zero-order chi connectivity index (χ0) is 22.9. The highest BCUT2D eigenvalue weighted by Gasteiger charge is 2.24. The van der Waals surface area contributed by atoms with E-state index >= 15 is 0 Å². The molecule has 1 aliphatic heterocycles. The van der Waals surface area contributed by atoms with Crippen LogP contribution in [0.4, 0.5) is 0 Å². The van der Waals surface area contributed by atoms with E-state index in [0.29, 0.717) is 22.9 Å². The molecule has 7 nitrogen and oxygen atoms in total. The molecule has 2 heterocycles. The van der Waals surface area contributed by atoms with Crippen molar-refractivity contribution in [3.8, 4) is 0 Å². The largest absolute Gasteiger partial charge is 0.340 e. The Morgan fingerprint density at radius 2 is 1.71 bits per heavy atom. The molecule has 1 fully saturated rings. The molecule has 3 aromatic rings. The molecule has 0 unspecified atom stereocenters. The molecule has 0 bridgehead atoms. The highest BCUT2D eigenvalue weighted by Crippen LogP contribution is 2.23. The highest BCUT2D eigenvalue weighted by atomic mass is 35.5. The number of rotatable bonds is 6. The van der Waals surface area contributed by atoms with Crippen LogP contribution >= 0.6 is 47.8 Å². The normalized spacial score (nSPS) is 14.5. The maximum absolute atomic E-state index is 12.8. The van der Waals surface area contributed by atoms with Crippen molar-refractivity contribution < 1.29 is 13.2 Å². The minimum Gasteiger partial charge on any atom is -0.340 e. The first-order valence-corrected chi connectivity index (χ1v) is 13.2. The number of thiazole rings is 1. The number of hydrogen-bond acceptors (Lipinski definition) is 6. The number of hydrogen-bond donors (Lipinski definition) is 1. The second-order valence-corrected chi connectivity index (χ2v) is 11.4. The first-order valence-electron chi connectivity index (χ1n) is 10.3. The van der Waals surface area contributed by atoms with Crippen LogP contribution in [0, 0.1) is 5.41 Å². The third-order valence-corrected chi connectivity index (χ3v) is 8.71. The third-order valence-electron chi connectivity index (χ3n) is 5.87. The second kappa shape index (κ2) is 11.9. The molecule has 2 aromatic carbocycles. The van der Waals surface area contributed by atoms with Gasteiger partial charge in [-0.25, -0.2) is 8.42 Å². The van der Waals surface area contributed by atoms with Crippen LogP contribution in [-0.4, -0.2) is 60.6 Å². The van der Waals surface area contributed by atoms with E-state index in [4.69, 9.17) is 17.0 Å². The molecule has 1 aromatic heterocycles. The zero-order valence-corrected chi connectivity index (χ0v) is 22.6. The number of carbonyl (C=O) groups is 1. The van der Waals surface area contributed by atoms with Gasteiger partial charge < -0.3 is 9.47 Å². The van der Waals surface area contributed by atoms with Crippen molar-refractivity contribution in [2.75, 3.05) is 31.9 Å². The van der Waals surface area contributed by atoms with Crippen LogP contribution in [0.25, 0.3) is 10.8 Å². The number of nitrogens with one attached hydrogen (secondary N) is 1. The molecular weight excluding hydrogens is 539 g/mol. The molecule has 0 saturated carbocycles. The van der Waals surface area contributed by atoms with Gasteiger partial charge in [-0.15, -0.1) is 36.2 Å². The van der Waals surface area contributed by atoms with E-state index in [0.717, 1.165) is 36.1 Å². The lowest BCUT2D eigenvalue weighted by molar-refractivity contribution is -0.132. The molecule has 4 rings (SSSR count).